The molecule has 0 atom stereocenters. The van der Waals surface area contributed by atoms with E-state index >= 15 is 0 Å². The van der Waals surface area contributed by atoms with Crippen molar-refractivity contribution in [2.45, 2.75) is 33.6 Å². The highest BCUT2D eigenvalue weighted by atomic mass is 127. The lowest BCUT2D eigenvalue weighted by molar-refractivity contribution is 0.797. The summed E-state index contributed by atoms with van der Waals surface area (Å²) in [5.74, 6) is 0.855. The van der Waals surface area contributed by atoms with E-state index in [0.717, 1.165) is 43.2 Å². The largest absolute Gasteiger partial charge is 0.361 e. The third-order valence-electron chi connectivity index (χ3n) is 5.41. The van der Waals surface area contributed by atoms with Gasteiger partial charge in [-0.3, -0.25) is 4.99 Å². The first-order valence-corrected chi connectivity index (χ1v) is 10.7. The van der Waals surface area contributed by atoms with Crippen LogP contribution in [0.3, 0.4) is 0 Å². The van der Waals surface area contributed by atoms with Crippen LogP contribution in [0.25, 0.3) is 16.6 Å². The number of nitrogens with zero attached hydrogens (tertiary/aromatic N) is 3. The molecule has 31 heavy (non-hydrogen) atoms. The monoisotopic (exact) mass is 530 g/mol. The van der Waals surface area contributed by atoms with E-state index < -0.39 is 0 Å². The number of benzene rings is 1. The van der Waals surface area contributed by atoms with Crippen LogP contribution in [0.15, 0.2) is 53.9 Å². The molecule has 4 aromatic rings. The summed E-state index contributed by atoms with van der Waals surface area (Å²) in [6, 6.07) is 10.6. The first-order valence-electron chi connectivity index (χ1n) is 10.7. The van der Waals surface area contributed by atoms with Crippen LogP contribution in [-0.4, -0.2) is 40.0 Å². The minimum Gasteiger partial charge on any atom is -0.361 e. The Hall–Kier alpha value is -2.55. The van der Waals surface area contributed by atoms with E-state index in [9.17, 15) is 0 Å². The molecule has 3 heterocycles. The molecule has 0 radical (unpaired) electrons. The Morgan fingerprint density at radius 1 is 1.10 bits per heavy atom. The maximum atomic E-state index is 4.74. The van der Waals surface area contributed by atoms with Gasteiger partial charge in [-0.1, -0.05) is 24.3 Å². The van der Waals surface area contributed by atoms with Crippen LogP contribution in [0.4, 0.5) is 0 Å². The normalized spacial score (nSPS) is 11.6. The predicted molar refractivity (Wildman–Crippen MR) is 140 cm³/mol. The van der Waals surface area contributed by atoms with E-state index in [0.29, 0.717) is 6.54 Å². The topological polar surface area (TPSA) is 69.5 Å². The minimum absolute atomic E-state index is 0. The fourth-order valence-electron chi connectivity index (χ4n) is 3.84. The summed E-state index contributed by atoms with van der Waals surface area (Å²) in [7, 11) is 0. The lowest BCUT2D eigenvalue weighted by Crippen LogP contribution is -2.38. The second kappa shape index (κ2) is 10.7. The molecule has 0 unspecified atom stereocenters. The van der Waals surface area contributed by atoms with Crippen LogP contribution in [0.5, 0.6) is 0 Å². The highest BCUT2D eigenvalue weighted by Crippen LogP contribution is 2.21. The Bertz CT molecular complexity index is 1170. The number of H-pyrrole nitrogens is 1. The van der Waals surface area contributed by atoms with E-state index in [1.807, 2.05) is 12.3 Å². The van der Waals surface area contributed by atoms with Gasteiger partial charge in [0.1, 0.15) is 5.65 Å². The number of halogens is 1. The number of nitrogens with one attached hydrogen (secondary N) is 3. The van der Waals surface area contributed by atoms with E-state index in [-0.39, 0.29) is 24.0 Å². The Morgan fingerprint density at radius 3 is 2.74 bits per heavy atom. The molecule has 3 N–H and O–H groups in total. The number of hydrogen-bond acceptors (Lipinski definition) is 2. The quantitative estimate of drug-likeness (QED) is 0.189. The van der Waals surface area contributed by atoms with Crippen molar-refractivity contribution >= 4 is 46.5 Å². The van der Waals surface area contributed by atoms with Crippen LogP contribution < -0.4 is 10.6 Å². The lowest BCUT2D eigenvalue weighted by atomic mass is 10.1. The molecule has 0 aliphatic carbocycles. The SMILES string of the molecule is CCNC(=NCCc1cn2cccc(C)c2n1)NCCc1c[nH]c2c(C)cccc12.I. The first kappa shape index (κ1) is 23.1. The van der Waals surface area contributed by atoms with Crippen LogP contribution in [0, 0.1) is 13.8 Å². The van der Waals surface area contributed by atoms with Crippen molar-refractivity contribution in [2.75, 3.05) is 19.6 Å². The van der Waals surface area contributed by atoms with E-state index in [2.05, 4.69) is 77.4 Å². The summed E-state index contributed by atoms with van der Waals surface area (Å²) < 4.78 is 2.08. The number of aliphatic imine (C=N–C) groups is 1. The number of pyridine rings is 1. The number of fused-ring (bicyclic) bond motifs is 2. The number of guanidine groups is 1. The van der Waals surface area contributed by atoms with Gasteiger partial charge in [-0.15, -0.1) is 24.0 Å². The van der Waals surface area contributed by atoms with Gasteiger partial charge in [-0.25, -0.2) is 4.98 Å². The van der Waals surface area contributed by atoms with Crippen molar-refractivity contribution < 1.29 is 0 Å². The zero-order valence-electron chi connectivity index (χ0n) is 18.4. The second-order valence-corrected chi connectivity index (χ2v) is 7.65. The maximum Gasteiger partial charge on any atom is 0.191 e. The van der Waals surface area contributed by atoms with E-state index in [4.69, 9.17) is 9.98 Å². The first-order chi connectivity index (χ1) is 14.7. The van der Waals surface area contributed by atoms with E-state index in [1.54, 1.807) is 0 Å². The van der Waals surface area contributed by atoms with Gasteiger partial charge in [-0.2, -0.15) is 0 Å². The predicted octanol–water partition coefficient (Wildman–Crippen LogP) is 4.39. The van der Waals surface area contributed by atoms with Gasteiger partial charge in [0.15, 0.2) is 5.96 Å². The van der Waals surface area contributed by atoms with Gasteiger partial charge in [0.25, 0.3) is 0 Å². The molecular formula is C24H31IN6. The third-order valence-corrected chi connectivity index (χ3v) is 5.41. The Balaban J connectivity index is 0.00000272. The smallest absolute Gasteiger partial charge is 0.191 e. The molecule has 7 heteroatoms. The van der Waals surface area contributed by atoms with Crippen LogP contribution in [0.2, 0.25) is 0 Å². The minimum atomic E-state index is 0. The number of rotatable bonds is 7. The fourth-order valence-corrected chi connectivity index (χ4v) is 3.84. The van der Waals surface area contributed by atoms with Crippen molar-refractivity contribution in [1.29, 1.82) is 0 Å². The standard InChI is InChI=1S/C24H30N6.HI/c1-4-25-24(26-12-10-19-15-28-22-17(2)7-5-9-21(19)22)27-13-11-20-16-30-14-6-8-18(3)23(30)29-20;/h5-9,14-16,28H,4,10-13H2,1-3H3,(H2,25,26,27);1H. The lowest BCUT2D eigenvalue weighted by Gasteiger charge is -2.11. The third kappa shape index (κ3) is 5.39. The summed E-state index contributed by atoms with van der Waals surface area (Å²) in [6.07, 6.45) is 8.02. The molecule has 0 saturated carbocycles. The number of para-hydroxylation sites is 1. The zero-order valence-corrected chi connectivity index (χ0v) is 20.7. The summed E-state index contributed by atoms with van der Waals surface area (Å²) in [5, 5.41) is 8.10. The highest BCUT2D eigenvalue weighted by Gasteiger charge is 2.06. The summed E-state index contributed by atoms with van der Waals surface area (Å²) in [4.78, 5) is 12.9. The zero-order chi connectivity index (χ0) is 20.9. The molecule has 3 aromatic heterocycles. The fraction of sp³-hybridized carbons (Fsp3) is 0.333. The molecular weight excluding hydrogens is 499 g/mol. The van der Waals surface area contributed by atoms with Crippen LogP contribution in [-0.2, 0) is 12.8 Å². The number of aryl methyl sites for hydroxylation is 2. The Kier molecular flexibility index (Phi) is 7.95. The Labute approximate surface area is 200 Å². The van der Waals surface area contributed by atoms with Crippen LogP contribution >= 0.6 is 24.0 Å². The van der Waals surface area contributed by atoms with Crippen molar-refractivity contribution in [3.05, 3.63) is 71.3 Å². The number of imidazole rings is 1. The summed E-state index contributed by atoms with van der Waals surface area (Å²) in [6.45, 7) is 8.69. The van der Waals surface area contributed by atoms with Crippen molar-refractivity contribution in [1.82, 2.24) is 25.0 Å². The van der Waals surface area contributed by atoms with Crippen molar-refractivity contribution in [3.63, 3.8) is 0 Å². The van der Waals surface area contributed by atoms with Crippen molar-refractivity contribution in [3.8, 4) is 0 Å². The summed E-state index contributed by atoms with van der Waals surface area (Å²) in [5.41, 5.74) is 7.12. The molecule has 0 aliphatic heterocycles. The van der Waals surface area contributed by atoms with Crippen molar-refractivity contribution in [2.24, 2.45) is 4.99 Å². The number of aromatic amines is 1. The molecule has 0 amide bonds. The van der Waals surface area contributed by atoms with Gasteiger partial charge in [0.2, 0.25) is 0 Å². The molecule has 0 fully saturated rings. The second-order valence-electron chi connectivity index (χ2n) is 7.65. The molecule has 0 spiro atoms. The molecule has 0 saturated heterocycles. The average molecular weight is 530 g/mol. The number of aromatic nitrogens is 3. The molecule has 6 nitrogen and oxygen atoms in total. The average Bonchev–Trinajstić information content (AvgIpc) is 3.34. The molecule has 4 rings (SSSR count). The van der Waals surface area contributed by atoms with Gasteiger partial charge in [-0.05, 0) is 49.9 Å². The molecule has 0 bridgehead atoms. The number of hydrogen-bond donors (Lipinski definition) is 3. The van der Waals surface area contributed by atoms with Gasteiger partial charge < -0.3 is 20.0 Å². The van der Waals surface area contributed by atoms with Crippen LogP contribution in [0.1, 0.15) is 29.3 Å². The van der Waals surface area contributed by atoms with Gasteiger partial charge >= 0.3 is 0 Å². The van der Waals surface area contributed by atoms with E-state index in [1.165, 1.54) is 27.6 Å². The molecule has 0 aliphatic rings. The maximum absolute atomic E-state index is 4.74. The Morgan fingerprint density at radius 2 is 1.94 bits per heavy atom. The molecule has 1 aromatic carbocycles. The highest BCUT2D eigenvalue weighted by molar-refractivity contribution is 14.0. The molecule has 164 valence electrons. The van der Waals surface area contributed by atoms with Gasteiger partial charge in [0, 0.05) is 55.5 Å². The summed E-state index contributed by atoms with van der Waals surface area (Å²) >= 11 is 0. The van der Waals surface area contributed by atoms with Gasteiger partial charge in [0.05, 0.1) is 5.69 Å².